The van der Waals surface area contributed by atoms with Gasteiger partial charge in [0.05, 0.1) is 24.0 Å². The average molecular weight is 415 g/mol. The molecular weight excluding hydrogens is 395 g/mol. The van der Waals surface area contributed by atoms with Crippen LogP contribution in [-0.4, -0.2) is 38.7 Å². The summed E-state index contributed by atoms with van der Waals surface area (Å²) in [4.78, 5) is 23.3. The van der Waals surface area contributed by atoms with Gasteiger partial charge in [0.1, 0.15) is 17.5 Å². The lowest BCUT2D eigenvalue weighted by Crippen LogP contribution is -2.38. The Morgan fingerprint density at radius 2 is 2.03 bits per heavy atom. The quantitative estimate of drug-likeness (QED) is 0.692. The maximum absolute atomic E-state index is 13.7. The van der Waals surface area contributed by atoms with Crippen LogP contribution in [0.3, 0.4) is 0 Å². The number of amides is 1. The maximum Gasteiger partial charge on any atom is 0.228 e. The number of nitrogens with one attached hydrogen (secondary N) is 1. The van der Waals surface area contributed by atoms with E-state index >= 15 is 0 Å². The molecule has 1 aromatic carbocycles. The fraction of sp³-hybridized carbons (Fsp3) is 0.300. The number of piperidine rings is 1. The van der Waals surface area contributed by atoms with E-state index < -0.39 is 5.82 Å². The van der Waals surface area contributed by atoms with Crippen molar-refractivity contribution >= 4 is 29.1 Å². The van der Waals surface area contributed by atoms with Gasteiger partial charge in [-0.3, -0.25) is 9.78 Å². The zero-order valence-electron chi connectivity index (χ0n) is 15.6. The highest BCUT2D eigenvalue weighted by molar-refractivity contribution is 6.30. The molecule has 29 heavy (non-hydrogen) atoms. The van der Waals surface area contributed by atoms with Crippen molar-refractivity contribution in [1.82, 2.24) is 19.7 Å². The summed E-state index contributed by atoms with van der Waals surface area (Å²) in [5.74, 6) is 0.824. The summed E-state index contributed by atoms with van der Waals surface area (Å²) >= 11 is 5.73. The molecule has 0 bridgehead atoms. The van der Waals surface area contributed by atoms with Crippen LogP contribution < -0.4 is 10.2 Å². The van der Waals surface area contributed by atoms with Crippen molar-refractivity contribution in [2.24, 2.45) is 5.92 Å². The lowest BCUT2D eigenvalue weighted by molar-refractivity contribution is -0.120. The van der Waals surface area contributed by atoms with Crippen LogP contribution >= 0.6 is 11.6 Å². The Labute approximate surface area is 172 Å². The molecule has 1 amide bonds. The second-order valence-electron chi connectivity index (χ2n) is 6.94. The first-order valence-corrected chi connectivity index (χ1v) is 9.75. The lowest BCUT2D eigenvalue weighted by Gasteiger charge is -2.31. The average Bonchev–Trinajstić information content (AvgIpc) is 3.18. The van der Waals surface area contributed by atoms with Crippen molar-refractivity contribution < 1.29 is 9.18 Å². The third-order valence-corrected chi connectivity index (χ3v) is 5.33. The minimum Gasteiger partial charge on any atom is -0.355 e. The third kappa shape index (κ3) is 4.54. The number of halogens is 2. The van der Waals surface area contributed by atoms with Crippen molar-refractivity contribution in [2.45, 2.75) is 19.4 Å². The van der Waals surface area contributed by atoms with Crippen LogP contribution in [-0.2, 0) is 11.3 Å². The van der Waals surface area contributed by atoms with Crippen LogP contribution in [0.2, 0.25) is 5.02 Å². The Morgan fingerprint density at radius 3 is 2.76 bits per heavy atom. The van der Waals surface area contributed by atoms with Crippen LogP contribution in [0.1, 0.15) is 18.4 Å². The predicted molar refractivity (Wildman–Crippen MR) is 108 cm³/mol. The second-order valence-corrected chi connectivity index (χ2v) is 7.34. The first kappa shape index (κ1) is 19.3. The number of carbonyl (C=O) groups excluding carboxylic acids is 1. The van der Waals surface area contributed by atoms with E-state index in [0.717, 1.165) is 31.7 Å². The van der Waals surface area contributed by atoms with E-state index in [9.17, 15) is 9.18 Å². The fourth-order valence-electron chi connectivity index (χ4n) is 3.43. The molecule has 0 saturated carbocycles. The van der Waals surface area contributed by atoms with Gasteiger partial charge in [-0.25, -0.2) is 14.1 Å². The maximum atomic E-state index is 13.7. The van der Waals surface area contributed by atoms with Gasteiger partial charge in [-0.2, -0.15) is 5.10 Å². The molecule has 7 nitrogen and oxygen atoms in total. The summed E-state index contributed by atoms with van der Waals surface area (Å²) in [5, 5.41) is 7.27. The number of carbonyl (C=O) groups is 1. The van der Waals surface area contributed by atoms with Crippen LogP contribution in [0.5, 0.6) is 0 Å². The Bertz CT molecular complexity index is 988. The molecule has 0 spiro atoms. The number of nitrogens with zero attached hydrogens (tertiary/aromatic N) is 5. The molecule has 3 aromatic rings. The zero-order chi connectivity index (χ0) is 20.2. The molecule has 0 unspecified atom stereocenters. The van der Waals surface area contributed by atoms with Gasteiger partial charge in [0.25, 0.3) is 0 Å². The molecular formula is C20H20ClFN6O. The number of aromatic nitrogens is 4. The predicted octanol–water partition coefficient (Wildman–Crippen LogP) is 3.37. The van der Waals surface area contributed by atoms with Crippen molar-refractivity contribution in [2.75, 3.05) is 23.3 Å². The SMILES string of the molecule is O=C(Nc1ccnn1Cc1ccc(Cl)c(F)c1)C1CCN(c2cnccn2)CC1. The van der Waals surface area contributed by atoms with Crippen molar-refractivity contribution in [3.63, 3.8) is 0 Å². The number of hydrogen-bond acceptors (Lipinski definition) is 5. The Kier molecular flexibility index (Phi) is 5.71. The Balaban J connectivity index is 1.36. The highest BCUT2D eigenvalue weighted by Crippen LogP contribution is 2.23. The van der Waals surface area contributed by atoms with Gasteiger partial charge in [0.2, 0.25) is 5.91 Å². The number of rotatable bonds is 5. The van der Waals surface area contributed by atoms with Gasteiger partial charge in [0, 0.05) is 37.5 Å². The zero-order valence-corrected chi connectivity index (χ0v) is 16.4. The minimum absolute atomic E-state index is 0.0344. The highest BCUT2D eigenvalue weighted by Gasteiger charge is 2.26. The first-order chi connectivity index (χ1) is 14.1. The monoisotopic (exact) mass is 414 g/mol. The number of anilines is 2. The van der Waals surface area contributed by atoms with Gasteiger partial charge >= 0.3 is 0 Å². The lowest BCUT2D eigenvalue weighted by atomic mass is 9.96. The number of hydrogen-bond donors (Lipinski definition) is 1. The number of benzene rings is 1. The molecule has 9 heteroatoms. The van der Waals surface area contributed by atoms with Crippen LogP contribution in [0.4, 0.5) is 16.0 Å². The molecule has 0 aliphatic carbocycles. The Hall–Kier alpha value is -3.00. The summed E-state index contributed by atoms with van der Waals surface area (Å²) in [6.07, 6.45) is 8.13. The first-order valence-electron chi connectivity index (χ1n) is 9.38. The van der Waals surface area contributed by atoms with Crippen molar-refractivity contribution in [3.05, 3.63) is 65.5 Å². The van der Waals surface area contributed by atoms with Gasteiger partial charge < -0.3 is 10.2 Å². The molecule has 4 rings (SSSR count). The van der Waals surface area contributed by atoms with E-state index in [1.165, 1.54) is 12.1 Å². The minimum atomic E-state index is -0.475. The molecule has 1 saturated heterocycles. The van der Waals surface area contributed by atoms with E-state index in [4.69, 9.17) is 11.6 Å². The van der Waals surface area contributed by atoms with Gasteiger partial charge in [-0.15, -0.1) is 0 Å². The second kappa shape index (κ2) is 8.57. The van der Waals surface area contributed by atoms with Crippen molar-refractivity contribution in [3.8, 4) is 0 Å². The topological polar surface area (TPSA) is 75.9 Å². The summed E-state index contributed by atoms with van der Waals surface area (Å²) in [7, 11) is 0. The molecule has 150 valence electrons. The van der Waals surface area contributed by atoms with Gasteiger partial charge in [0.15, 0.2) is 0 Å². The van der Waals surface area contributed by atoms with Gasteiger partial charge in [-0.05, 0) is 30.5 Å². The van der Waals surface area contributed by atoms with E-state index in [-0.39, 0.29) is 16.8 Å². The molecule has 1 aliphatic rings. The molecule has 0 atom stereocenters. The van der Waals surface area contributed by atoms with E-state index in [0.29, 0.717) is 17.9 Å². The van der Waals surface area contributed by atoms with Crippen LogP contribution in [0.15, 0.2) is 49.1 Å². The largest absolute Gasteiger partial charge is 0.355 e. The summed E-state index contributed by atoms with van der Waals surface area (Å²) in [5.41, 5.74) is 0.711. The fourth-order valence-corrected chi connectivity index (χ4v) is 3.55. The van der Waals surface area contributed by atoms with Crippen molar-refractivity contribution in [1.29, 1.82) is 0 Å². The molecule has 1 aliphatic heterocycles. The summed E-state index contributed by atoms with van der Waals surface area (Å²) in [6.45, 7) is 1.84. The van der Waals surface area contributed by atoms with Crippen LogP contribution in [0.25, 0.3) is 0 Å². The molecule has 0 radical (unpaired) electrons. The molecule has 1 N–H and O–H groups in total. The van der Waals surface area contributed by atoms with E-state index in [2.05, 4.69) is 25.3 Å². The molecule has 2 aromatic heterocycles. The molecule has 1 fully saturated rings. The molecule has 3 heterocycles. The summed E-state index contributed by atoms with van der Waals surface area (Å²) in [6, 6.07) is 6.36. The van der Waals surface area contributed by atoms with E-state index in [1.54, 1.807) is 41.6 Å². The standard InChI is InChI=1S/C20H20ClFN6O/c21-16-2-1-14(11-17(16)22)13-28-18(3-6-25-28)26-20(29)15-4-9-27(10-5-15)19-12-23-7-8-24-19/h1-3,6-8,11-12,15H,4-5,9-10,13H2,(H,26,29). The Morgan fingerprint density at radius 1 is 1.21 bits per heavy atom. The van der Waals surface area contributed by atoms with Crippen LogP contribution in [0, 0.1) is 11.7 Å². The third-order valence-electron chi connectivity index (χ3n) is 5.02. The van der Waals surface area contributed by atoms with E-state index in [1.807, 2.05) is 0 Å². The smallest absolute Gasteiger partial charge is 0.228 e. The normalized spacial score (nSPS) is 14.8. The highest BCUT2D eigenvalue weighted by atomic mass is 35.5. The summed E-state index contributed by atoms with van der Waals surface area (Å²) < 4.78 is 15.3. The van der Waals surface area contributed by atoms with Gasteiger partial charge in [-0.1, -0.05) is 17.7 Å².